The van der Waals surface area contributed by atoms with E-state index in [9.17, 15) is 4.79 Å². The molecule has 20 heavy (non-hydrogen) atoms. The van der Waals surface area contributed by atoms with Crippen LogP contribution in [-0.2, 0) is 11.2 Å². The first-order chi connectivity index (χ1) is 9.70. The quantitative estimate of drug-likeness (QED) is 0.676. The molecule has 1 aliphatic rings. The third-order valence-electron chi connectivity index (χ3n) is 3.46. The summed E-state index contributed by atoms with van der Waals surface area (Å²) in [7, 11) is 0. The minimum absolute atomic E-state index is 0.0555. The Hall–Kier alpha value is -1.36. The van der Waals surface area contributed by atoms with Crippen LogP contribution in [0, 0.1) is 0 Å². The number of anilines is 1. The molecule has 0 aliphatic carbocycles. The number of carbonyl (C=O) groups is 1. The Bertz CT molecular complexity index is 792. The molecule has 100 valence electrons. The lowest BCUT2D eigenvalue weighted by Crippen LogP contribution is -2.03. The number of nitrogens with one attached hydrogen (secondary N) is 1. The lowest BCUT2D eigenvalue weighted by atomic mass is 10.0. The summed E-state index contributed by atoms with van der Waals surface area (Å²) in [5.74, 6) is 0.0555. The normalized spacial score (nSPS) is 15.3. The molecule has 4 rings (SSSR count). The van der Waals surface area contributed by atoms with Gasteiger partial charge >= 0.3 is 0 Å². The molecule has 0 radical (unpaired) electrons. The fraction of sp³-hybridized carbons (Fsp3) is 0.133. The molecule has 1 amide bonds. The molecule has 2 nitrogen and oxygen atoms in total. The Balaban J connectivity index is 1.72. The first-order valence-corrected chi connectivity index (χ1v) is 8.37. The number of amides is 1. The van der Waals surface area contributed by atoms with Crippen LogP contribution in [0.3, 0.4) is 0 Å². The number of carbonyl (C=O) groups excluding carboxylic acids is 1. The summed E-state index contributed by atoms with van der Waals surface area (Å²) in [5, 5.41) is 4.79. The maximum atomic E-state index is 11.4. The van der Waals surface area contributed by atoms with Crippen molar-refractivity contribution in [2.75, 3.05) is 5.32 Å². The summed E-state index contributed by atoms with van der Waals surface area (Å²) in [4.78, 5) is 12.6. The van der Waals surface area contributed by atoms with Crippen molar-refractivity contribution in [1.29, 1.82) is 0 Å². The molecule has 1 N–H and O–H groups in total. The van der Waals surface area contributed by atoms with Crippen LogP contribution < -0.4 is 5.32 Å². The van der Waals surface area contributed by atoms with Crippen molar-refractivity contribution in [1.82, 2.24) is 0 Å². The van der Waals surface area contributed by atoms with Crippen molar-refractivity contribution in [3.63, 3.8) is 0 Å². The lowest BCUT2D eigenvalue weighted by molar-refractivity contribution is -0.115. The van der Waals surface area contributed by atoms with E-state index in [-0.39, 0.29) is 11.3 Å². The molecule has 0 saturated carbocycles. The van der Waals surface area contributed by atoms with Gasteiger partial charge in [-0.05, 0) is 34.7 Å². The van der Waals surface area contributed by atoms with Gasteiger partial charge in [0.15, 0.2) is 0 Å². The standard InChI is InChI=1S/C15H10ClNOS2/c16-15(13-7-12-11(20-13)3-4-19-12)8-1-2-10-9(5-8)6-14(18)17-10/h1-5,7,15H,6H2,(H,17,18). The molecule has 1 atom stereocenters. The number of fused-ring (bicyclic) bond motifs is 2. The highest BCUT2D eigenvalue weighted by Gasteiger charge is 2.21. The van der Waals surface area contributed by atoms with E-state index < -0.39 is 0 Å². The average Bonchev–Trinajstić information content (AvgIpc) is 3.08. The Morgan fingerprint density at radius 3 is 2.95 bits per heavy atom. The van der Waals surface area contributed by atoms with Crippen LogP contribution >= 0.6 is 34.3 Å². The Kier molecular flexibility index (Phi) is 2.84. The molecule has 0 bridgehead atoms. The molecular formula is C15H10ClNOS2. The van der Waals surface area contributed by atoms with Crippen molar-refractivity contribution < 1.29 is 4.79 Å². The van der Waals surface area contributed by atoms with E-state index in [0.717, 1.165) is 21.7 Å². The van der Waals surface area contributed by atoms with E-state index >= 15 is 0 Å². The number of halogens is 1. The van der Waals surface area contributed by atoms with Gasteiger partial charge < -0.3 is 5.32 Å². The van der Waals surface area contributed by atoms with Crippen LogP contribution in [0.15, 0.2) is 35.7 Å². The second-order valence-electron chi connectivity index (χ2n) is 4.80. The van der Waals surface area contributed by atoms with Gasteiger partial charge in [-0.3, -0.25) is 4.79 Å². The number of rotatable bonds is 2. The summed E-state index contributed by atoms with van der Waals surface area (Å²) >= 11 is 10.1. The van der Waals surface area contributed by atoms with Gasteiger partial charge in [0.2, 0.25) is 5.91 Å². The van der Waals surface area contributed by atoms with E-state index in [1.165, 1.54) is 9.40 Å². The zero-order chi connectivity index (χ0) is 13.7. The molecule has 2 aromatic heterocycles. The van der Waals surface area contributed by atoms with Crippen LogP contribution in [0.4, 0.5) is 5.69 Å². The lowest BCUT2D eigenvalue weighted by Gasteiger charge is -2.09. The van der Waals surface area contributed by atoms with Crippen LogP contribution in [0.2, 0.25) is 0 Å². The van der Waals surface area contributed by atoms with Gasteiger partial charge in [-0.15, -0.1) is 34.3 Å². The van der Waals surface area contributed by atoms with Gasteiger partial charge in [0, 0.05) is 20.0 Å². The molecule has 1 unspecified atom stereocenters. The SMILES string of the molecule is O=C1Cc2cc(C(Cl)c3cc4sccc4s3)ccc2N1. The third kappa shape index (κ3) is 1.95. The van der Waals surface area contributed by atoms with Crippen molar-refractivity contribution in [2.45, 2.75) is 11.8 Å². The smallest absolute Gasteiger partial charge is 0.228 e. The maximum absolute atomic E-state index is 11.4. The summed E-state index contributed by atoms with van der Waals surface area (Å²) in [6.45, 7) is 0. The van der Waals surface area contributed by atoms with Crippen LogP contribution in [0.5, 0.6) is 0 Å². The molecular weight excluding hydrogens is 310 g/mol. The van der Waals surface area contributed by atoms with E-state index in [0.29, 0.717) is 6.42 Å². The fourth-order valence-electron chi connectivity index (χ4n) is 2.48. The molecule has 1 aliphatic heterocycles. The molecule has 0 spiro atoms. The first-order valence-electron chi connectivity index (χ1n) is 6.24. The second kappa shape index (κ2) is 4.58. The van der Waals surface area contributed by atoms with Crippen LogP contribution in [0.1, 0.15) is 21.4 Å². The predicted molar refractivity (Wildman–Crippen MR) is 86.2 cm³/mol. The van der Waals surface area contributed by atoms with Crippen LogP contribution in [0.25, 0.3) is 9.40 Å². The fourth-order valence-corrected chi connectivity index (χ4v) is 4.94. The Morgan fingerprint density at radius 1 is 1.20 bits per heavy atom. The summed E-state index contributed by atoms with van der Waals surface area (Å²) in [6.07, 6.45) is 0.451. The monoisotopic (exact) mass is 319 g/mol. The van der Waals surface area contributed by atoms with Crippen molar-refractivity contribution in [3.8, 4) is 0 Å². The number of thiophene rings is 2. The molecule has 0 saturated heterocycles. The van der Waals surface area contributed by atoms with Gasteiger partial charge in [0.1, 0.15) is 0 Å². The minimum Gasteiger partial charge on any atom is -0.326 e. The van der Waals surface area contributed by atoms with Gasteiger partial charge in [-0.1, -0.05) is 12.1 Å². The third-order valence-corrected chi connectivity index (χ3v) is 6.23. The molecule has 5 heteroatoms. The highest BCUT2D eigenvalue weighted by Crippen LogP contribution is 2.40. The van der Waals surface area contributed by atoms with E-state index in [1.807, 2.05) is 18.2 Å². The zero-order valence-electron chi connectivity index (χ0n) is 10.4. The second-order valence-corrected chi connectivity index (χ2v) is 7.30. The molecule has 3 heterocycles. The number of hydrogen-bond donors (Lipinski definition) is 1. The highest BCUT2D eigenvalue weighted by atomic mass is 35.5. The van der Waals surface area contributed by atoms with Crippen LogP contribution in [-0.4, -0.2) is 5.91 Å². The Labute approximate surface area is 129 Å². The minimum atomic E-state index is -0.152. The first kappa shape index (κ1) is 12.4. The number of hydrogen-bond acceptors (Lipinski definition) is 3. The average molecular weight is 320 g/mol. The van der Waals surface area contributed by atoms with Crippen molar-refractivity contribution >= 4 is 55.3 Å². The molecule has 3 aromatic rings. The van der Waals surface area contributed by atoms with Gasteiger partial charge in [0.25, 0.3) is 0 Å². The van der Waals surface area contributed by atoms with Gasteiger partial charge in [0.05, 0.1) is 11.8 Å². The van der Waals surface area contributed by atoms with Crippen molar-refractivity contribution in [3.05, 3.63) is 51.7 Å². The van der Waals surface area contributed by atoms with E-state index in [1.54, 1.807) is 22.7 Å². The highest BCUT2D eigenvalue weighted by molar-refractivity contribution is 7.27. The van der Waals surface area contributed by atoms with E-state index in [2.05, 4.69) is 22.8 Å². The largest absolute Gasteiger partial charge is 0.326 e. The summed E-state index contributed by atoms with van der Waals surface area (Å²) < 4.78 is 2.57. The Morgan fingerprint density at radius 2 is 2.10 bits per heavy atom. The van der Waals surface area contributed by atoms with Gasteiger partial charge in [-0.2, -0.15) is 0 Å². The topological polar surface area (TPSA) is 29.1 Å². The summed E-state index contributed by atoms with van der Waals surface area (Å²) in [5.41, 5.74) is 3.00. The summed E-state index contributed by atoms with van der Waals surface area (Å²) in [6, 6.07) is 10.3. The number of alkyl halides is 1. The predicted octanol–water partition coefficient (Wildman–Crippen LogP) is 4.79. The van der Waals surface area contributed by atoms with Gasteiger partial charge in [-0.25, -0.2) is 0 Å². The maximum Gasteiger partial charge on any atom is 0.228 e. The molecule has 1 aromatic carbocycles. The van der Waals surface area contributed by atoms with E-state index in [4.69, 9.17) is 11.6 Å². The zero-order valence-corrected chi connectivity index (χ0v) is 12.7. The van der Waals surface area contributed by atoms with Crippen molar-refractivity contribution in [2.24, 2.45) is 0 Å². The molecule has 0 fully saturated rings. The number of benzene rings is 1.